The Morgan fingerprint density at radius 2 is 2.08 bits per heavy atom. The van der Waals surface area contributed by atoms with Crippen molar-refractivity contribution in [3.05, 3.63) is 36.2 Å². The van der Waals surface area contributed by atoms with Crippen LogP contribution in [0.15, 0.2) is 35.3 Å². The maximum atomic E-state index is 4.15. The van der Waals surface area contributed by atoms with Gasteiger partial charge < -0.3 is 0 Å². The lowest BCUT2D eigenvalue weighted by Gasteiger charge is -1.88. The molecule has 1 heterocycles. The number of hydrogen-bond donors (Lipinski definition) is 1. The van der Waals surface area contributed by atoms with E-state index in [1.54, 1.807) is 6.21 Å². The molecule has 64 valence electrons. The molecule has 5 nitrogen and oxygen atoms in total. The number of aromatic nitrogens is 4. The van der Waals surface area contributed by atoms with Crippen LogP contribution in [0.2, 0.25) is 0 Å². The van der Waals surface area contributed by atoms with Gasteiger partial charge in [-0.3, -0.25) is 4.99 Å². The summed E-state index contributed by atoms with van der Waals surface area (Å²) in [6.07, 6.45) is 1.58. The Kier molecular flexibility index (Phi) is 2.09. The maximum Gasteiger partial charge on any atom is 0.190 e. The average Bonchev–Trinajstić information content (AvgIpc) is 2.69. The van der Waals surface area contributed by atoms with Crippen molar-refractivity contribution < 1.29 is 0 Å². The van der Waals surface area contributed by atoms with Crippen molar-refractivity contribution in [2.24, 2.45) is 4.99 Å². The number of tetrazole rings is 1. The number of para-hydroxylation sites is 1. The maximum absolute atomic E-state index is 4.15. The van der Waals surface area contributed by atoms with E-state index in [1.807, 2.05) is 30.3 Å². The molecule has 1 aromatic heterocycles. The van der Waals surface area contributed by atoms with Gasteiger partial charge in [0.05, 0.1) is 11.9 Å². The van der Waals surface area contributed by atoms with Crippen molar-refractivity contribution in [3.63, 3.8) is 0 Å². The Hall–Kier alpha value is -2.04. The van der Waals surface area contributed by atoms with Crippen LogP contribution in [-0.4, -0.2) is 26.8 Å². The van der Waals surface area contributed by atoms with Gasteiger partial charge in [-0.05, 0) is 22.6 Å². The monoisotopic (exact) mass is 173 g/mol. The van der Waals surface area contributed by atoms with Gasteiger partial charge in [-0.25, -0.2) is 5.10 Å². The summed E-state index contributed by atoms with van der Waals surface area (Å²) in [5.41, 5.74) is 0.874. The van der Waals surface area contributed by atoms with Crippen molar-refractivity contribution in [2.45, 2.75) is 0 Å². The fourth-order valence-corrected chi connectivity index (χ4v) is 0.871. The van der Waals surface area contributed by atoms with E-state index in [4.69, 9.17) is 0 Å². The van der Waals surface area contributed by atoms with Gasteiger partial charge in [0.2, 0.25) is 0 Å². The van der Waals surface area contributed by atoms with Crippen LogP contribution in [-0.2, 0) is 0 Å². The van der Waals surface area contributed by atoms with Crippen LogP contribution in [0.1, 0.15) is 5.82 Å². The second-order valence-electron chi connectivity index (χ2n) is 2.38. The number of nitrogens with zero attached hydrogens (tertiary/aromatic N) is 4. The van der Waals surface area contributed by atoms with Crippen LogP contribution in [0.4, 0.5) is 5.69 Å². The van der Waals surface area contributed by atoms with Gasteiger partial charge >= 0.3 is 0 Å². The zero-order valence-electron chi connectivity index (χ0n) is 6.75. The highest BCUT2D eigenvalue weighted by atomic mass is 15.5. The molecule has 0 bridgehead atoms. The molecule has 2 rings (SSSR count). The molecule has 0 radical (unpaired) electrons. The number of rotatable bonds is 2. The minimum atomic E-state index is 0.545. The van der Waals surface area contributed by atoms with Crippen molar-refractivity contribution >= 4 is 11.9 Å². The first-order chi connectivity index (χ1) is 6.45. The highest BCUT2D eigenvalue weighted by molar-refractivity contribution is 5.76. The molecular weight excluding hydrogens is 166 g/mol. The molecule has 0 saturated carbocycles. The first-order valence-corrected chi connectivity index (χ1v) is 3.78. The number of H-pyrrole nitrogens is 1. The lowest BCUT2D eigenvalue weighted by atomic mass is 10.3. The van der Waals surface area contributed by atoms with Crippen LogP contribution in [0.5, 0.6) is 0 Å². The summed E-state index contributed by atoms with van der Waals surface area (Å²) in [7, 11) is 0. The number of benzene rings is 1. The van der Waals surface area contributed by atoms with Crippen molar-refractivity contribution in [1.82, 2.24) is 20.6 Å². The van der Waals surface area contributed by atoms with Gasteiger partial charge in [0, 0.05) is 0 Å². The average molecular weight is 173 g/mol. The lowest BCUT2D eigenvalue weighted by molar-refractivity contribution is 0.881. The van der Waals surface area contributed by atoms with Crippen LogP contribution in [0.3, 0.4) is 0 Å². The minimum Gasteiger partial charge on any atom is -0.253 e. The molecule has 1 N–H and O–H groups in total. The Morgan fingerprint density at radius 1 is 1.23 bits per heavy atom. The first-order valence-electron chi connectivity index (χ1n) is 3.78. The number of aliphatic imine (C=N–C) groups is 1. The molecule has 0 unspecified atom stereocenters. The Morgan fingerprint density at radius 3 is 2.77 bits per heavy atom. The summed E-state index contributed by atoms with van der Waals surface area (Å²) in [6.45, 7) is 0. The fraction of sp³-hybridized carbons (Fsp3) is 0. The van der Waals surface area contributed by atoms with Crippen molar-refractivity contribution in [2.75, 3.05) is 0 Å². The van der Waals surface area contributed by atoms with Crippen LogP contribution >= 0.6 is 0 Å². The number of nitrogens with one attached hydrogen (secondary N) is 1. The van der Waals surface area contributed by atoms with E-state index in [2.05, 4.69) is 25.6 Å². The minimum absolute atomic E-state index is 0.545. The molecule has 0 aliphatic rings. The third-order valence-electron chi connectivity index (χ3n) is 1.45. The van der Waals surface area contributed by atoms with E-state index in [0.29, 0.717) is 5.82 Å². The molecule has 0 spiro atoms. The SMILES string of the molecule is C(=N\c1ccccc1)/c1nnn[nH]1. The van der Waals surface area contributed by atoms with Crippen molar-refractivity contribution in [1.29, 1.82) is 0 Å². The van der Waals surface area contributed by atoms with Gasteiger partial charge in [0.1, 0.15) is 0 Å². The van der Waals surface area contributed by atoms with E-state index in [9.17, 15) is 0 Å². The van der Waals surface area contributed by atoms with Crippen LogP contribution < -0.4 is 0 Å². The topological polar surface area (TPSA) is 66.8 Å². The molecule has 0 atom stereocenters. The van der Waals surface area contributed by atoms with E-state index >= 15 is 0 Å². The second-order valence-corrected chi connectivity index (χ2v) is 2.38. The quantitative estimate of drug-likeness (QED) is 0.687. The summed E-state index contributed by atoms with van der Waals surface area (Å²) in [4.78, 5) is 4.15. The van der Waals surface area contributed by atoms with Gasteiger partial charge in [-0.15, -0.1) is 5.10 Å². The molecule has 0 fully saturated rings. The Labute approximate surface area is 74.5 Å². The van der Waals surface area contributed by atoms with Gasteiger partial charge in [-0.1, -0.05) is 18.2 Å². The van der Waals surface area contributed by atoms with E-state index in [1.165, 1.54) is 0 Å². The third-order valence-corrected chi connectivity index (χ3v) is 1.45. The highest BCUT2D eigenvalue weighted by Gasteiger charge is 1.89. The predicted molar refractivity (Wildman–Crippen MR) is 47.9 cm³/mol. The molecule has 13 heavy (non-hydrogen) atoms. The number of hydrogen-bond acceptors (Lipinski definition) is 4. The van der Waals surface area contributed by atoms with Gasteiger partial charge in [0.25, 0.3) is 0 Å². The summed E-state index contributed by atoms with van der Waals surface area (Å²) >= 11 is 0. The van der Waals surface area contributed by atoms with Gasteiger partial charge in [-0.2, -0.15) is 0 Å². The highest BCUT2D eigenvalue weighted by Crippen LogP contribution is 2.08. The Bertz CT molecular complexity index is 378. The summed E-state index contributed by atoms with van der Waals surface area (Å²) in [6, 6.07) is 9.59. The fourth-order valence-electron chi connectivity index (χ4n) is 0.871. The molecule has 0 aliphatic carbocycles. The molecule has 5 heteroatoms. The molecule has 0 amide bonds. The predicted octanol–water partition coefficient (Wildman–Crippen LogP) is 0.950. The first kappa shape index (κ1) is 7.60. The standard InChI is InChI=1S/C8H7N5/c1-2-4-7(5-3-1)9-6-8-10-12-13-11-8/h1-6H,(H,10,11,12,13)/b9-6+. The summed E-state index contributed by atoms with van der Waals surface area (Å²) in [5.74, 6) is 0.545. The largest absolute Gasteiger partial charge is 0.253 e. The zero-order chi connectivity index (χ0) is 8.93. The Balaban J connectivity index is 2.15. The van der Waals surface area contributed by atoms with Crippen LogP contribution in [0.25, 0.3) is 0 Å². The smallest absolute Gasteiger partial charge is 0.190 e. The molecule has 2 aromatic rings. The third kappa shape index (κ3) is 1.96. The number of aromatic amines is 1. The van der Waals surface area contributed by atoms with E-state index < -0.39 is 0 Å². The van der Waals surface area contributed by atoms with E-state index in [0.717, 1.165) is 5.69 Å². The van der Waals surface area contributed by atoms with Crippen LogP contribution in [0, 0.1) is 0 Å². The molecule has 0 aliphatic heterocycles. The molecule has 0 saturated heterocycles. The van der Waals surface area contributed by atoms with E-state index in [-0.39, 0.29) is 0 Å². The normalized spacial score (nSPS) is 10.8. The van der Waals surface area contributed by atoms with Gasteiger partial charge in [0.15, 0.2) is 5.82 Å². The second kappa shape index (κ2) is 3.57. The molecule has 1 aromatic carbocycles. The summed E-state index contributed by atoms with van der Waals surface area (Å²) in [5, 5.41) is 13.1. The zero-order valence-corrected chi connectivity index (χ0v) is 6.75. The summed E-state index contributed by atoms with van der Waals surface area (Å²) < 4.78 is 0. The van der Waals surface area contributed by atoms with Crippen molar-refractivity contribution in [3.8, 4) is 0 Å². The lowest BCUT2D eigenvalue weighted by Crippen LogP contribution is -1.82. The molecular formula is C8H7N5.